The fourth-order valence-electron chi connectivity index (χ4n) is 2.43. The van der Waals surface area contributed by atoms with Crippen molar-refractivity contribution in [3.63, 3.8) is 0 Å². The summed E-state index contributed by atoms with van der Waals surface area (Å²) < 4.78 is 11.3. The second kappa shape index (κ2) is 13.3. The summed E-state index contributed by atoms with van der Waals surface area (Å²) in [4.78, 5) is 7.36. The second-order valence-corrected chi connectivity index (χ2v) is 10.2. The maximum atomic E-state index is 5.63. The first kappa shape index (κ1) is 23.0. The van der Waals surface area contributed by atoms with Crippen LogP contribution >= 0.6 is 0 Å². The van der Waals surface area contributed by atoms with E-state index in [9.17, 15) is 0 Å². The van der Waals surface area contributed by atoms with Crippen LogP contribution in [0.15, 0.2) is 0 Å². The molecule has 0 saturated carbocycles. The van der Waals surface area contributed by atoms with E-state index in [0.29, 0.717) is 0 Å². The molecule has 0 aliphatic rings. The van der Waals surface area contributed by atoms with E-state index in [1.54, 1.807) is 14.2 Å². The lowest BCUT2D eigenvalue weighted by atomic mass is 10.3. The van der Waals surface area contributed by atoms with Gasteiger partial charge in [0.2, 0.25) is 0 Å². The molecule has 0 bridgehead atoms. The molecule has 0 saturated heterocycles. The Morgan fingerprint density at radius 1 is 0.739 bits per heavy atom. The lowest BCUT2D eigenvalue weighted by Gasteiger charge is -2.29. The zero-order valence-corrected chi connectivity index (χ0v) is 17.7. The van der Waals surface area contributed by atoms with Gasteiger partial charge in [-0.15, -0.1) is 0 Å². The van der Waals surface area contributed by atoms with Crippen LogP contribution < -0.4 is 0 Å². The highest BCUT2D eigenvalue weighted by Crippen LogP contribution is 2.12. The molecule has 0 aromatic heterocycles. The summed E-state index contributed by atoms with van der Waals surface area (Å²) in [5.41, 5.74) is 0. The third-order valence-corrected chi connectivity index (χ3v) is 7.71. The van der Waals surface area contributed by atoms with Gasteiger partial charge in [0.05, 0.1) is 0 Å². The smallest absolute Gasteiger partial charge is 0.335 e. The lowest BCUT2D eigenvalue weighted by molar-refractivity contribution is 0.216. The molecule has 0 aliphatic heterocycles. The average molecular weight is 348 g/mol. The molecule has 0 spiro atoms. The minimum atomic E-state index is -1.96. The van der Waals surface area contributed by atoms with Crippen molar-refractivity contribution in [3.8, 4) is 0 Å². The molecule has 0 amide bonds. The van der Waals surface area contributed by atoms with Crippen LogP contribution in [-0.4, -0.2) is 97.4 Å². The summed E-state index contributed by atoms with van der Waals surface area (Å²) in [6, 6.07) is 1.03. The van der Waals surface area contributed by atoms with Crippen LogP contribution in [0.1, 0.15) is 26.7 Å². The molecule has 0 N–H and O–H groups in total. The van der Waals surface area contributed by atoms with Crippen LogP contribution in [0.25, 0.3) is 0 Å². The topological polar surface area (TPSA) is 28.2 Å². The van der Waals surface area contributed by atoms with Crippen molar-refractivity contribution >= 4 is 8.56 Å². The molecular formula is C17H41N3O2Si. The van der Waals surface area contributed by atoms with Crippen molar-refractivity contribution in [2.45, 2.75) is 39.3 Å². The second-order valence-electron chi connectivity index (χ2n) is 6.63. The summed E-state index contributed by atoms with van der Waals surface area (Å²) in [6.07, 6.45) is 2.46. The van der Waals surface area contributed by atoms with Crippen molar-refractivity contribution in [2.24, 2.45) is 0 Å². The third-order valence-electron chi connectivity index (χ3n) is 4.85. The van der Waals surface area contributed by atoms with Crippen LogP contribution in [0.3, 0.4) is 0 Å². The van der Waals surface area contributed by atoms with E-state index in [2.05, 4.69) is 49.2 Å². The van der Waals surface area contributed by atoms with Gasteiger partial charge >= 0.3 is 8.56 Å². The van der Waals surface area contributed by atoms with Crippen LogP contribution in [0.4, 0.5) is 0 Å². The molecule has 0 rings (SSSR count). The van der Waals surface area contributed by atoms with E-state index in [1.807, 2.05) is 0 Å². The molecule has 23 heavy (non-hydrogen) atoms. The molecule has 0 aromatic carbocycles. The first-order valence-electron chi connectivity index (χ1n) is 9.10. The first-order chi connectivity index (χ1) is 10.9. The van der Waals surface area contributed by atoms with Gasteiger partial charge in [0.15, 0.2) is 0 Å². The van der Waals surface area contributed by atoms with Crippen LogP contribution in [0, 0.1) is 0 Å². The van der Waals surface area contributed by atoms with Gasteiger partial charge in [0, 0.05) is 26.8 Å². The van der Waals surface area contributed by atoms with Crippen LogP contribution in [0.5, 0.6) is 0 Å². The van der Waals surface area contributed by atoms with E-state index >= 15 is 0 Å². The number of hydrogen-bond donors (Lipinski definition) is 0. The van der Waals surface area contributed by atoms with E-state index in [0.717, 1.165) is 38.8 Å². The Kier molecular flexibility index (Phi) is 13.3. The summed E-state index contributed by atoms with van der Waals surface area (Å²) in [7, 11) is 6.00. The van der Waals surface area contributed by atoms with E-state index in [-0.39, 0.29) is 0 Å². The maximum Gasteiger partial charge on any atom is 0.335 e. The highest BCUT2D eigenvalue weighted by Gasteiger charge is 2.28. The van der Waals surface area contributed by atoms with Gasteiger partial charge in [-0.25, -0.2) is 0 Å². The highest BCUT2D eigenvalue weighted by molar-refractivity contribution is 6.66. The highest BCUT2D eigenvalue weighted by atomic mass is 28.4. The molecule has 0 atom stereocenters. The van der Waals surface area contributed by atoms with Gasteiger partial charge in [0.1, 0.15) is 0 Å². The minimum Gasteiger partial charge on any atom is -0.398 e. The Morgan fingerprint density at radius 3 is 1.52 bits per heavy atom. The lowest BCUT2D eigenvalue weighted by Crippen LogP contribution is -2.41. The Morgan fingerprint density at radius 2 is 1.17 bits per heavy atom. The molecule has 0 unspecified atom stereocenters. The minimum absolute atomic E-state index is 1.03. The molecule has 140 valence electrons. The van der Waals surface area contributed by atoms with Crippen LogP contribution in [0.2, 0.25) is 12.6 Å². The largest absolute Gasteiger partial charge is 0.398 e. The van der Waals surface area contributed by atoms with Crippen molar-refractivity contribution in [2.75, 3.05) is 74.1 Å². The fourth-order valence-corrected chi connectivity index (χ4v) is 3.73. The maximum absolute atomic E-state index is 5.63. The Bertz CT molecular complexity index is 263. The molecule has 0 aliphatic carbocycles. The Balaban J connectivity index is 4.30. The van der Waals surface area contributed by atoms with Crippen molar-refractivity contribution in [3.05, 3.63) is 0 Å². The van der Waals surface area contributed by atoms with Crippen molar-refractivity contribution < 1.29 is 8.85 Å². The summed E-state index contributed by atoms with van der Waals surface area (Å²) in [5.74, 6) is 0. The van der Waals surface area contributed by atoms with Gasteiger partial charge in [-0.05, 0) is 72.8 Å². The quantitative estimate of drug-likeness (QED) is 0.424. The van der Waals surface area contributed by atoms with E-state index in [4.69, 9.17) is 8.85 Å². The van der Waals surface area contributed by atoms with E-state index < -0.39 is 8.56 Å². The number of nitrogens with zero attached hydrogens (tertiary/aromatic N) is 3. The summed E-state index contributed by atoms with van der Waals surface area (Å²) in [6.45, 7) is 14.6. The van der Waals surface area contributed by atoms with Crippen LogP contribution in [-0.2, 0) is 8.85 Å². The zero-order chi connectivity index (χ0) is 17.7. The Hall–Kier alpha value is 0.0169. The normalized spacial score (nSPS) is 12.8. The molecule has 5 nitrogen and oxygen atoms in total. The average Bonchev–Trinajstić information content (AvgIpc) is 2.58. The van der Waals surface area contributed by atoms with Crippen molar-refractivity contribution in [1.29, 1.82) is 0 Å². The molecule has 0 radical (unpaired) electrons. The van der Waals surface area contributed by atoms with Gasteiger partial charge in [-0.3, -0.25) is 0 Å². The monoisotopic (exact) mass is 347 g/mol. The molecular weight excluding hydrogens is 306 g/mol. The number of hydrogen-bond acceptors (Lipinski definition) is 5. The standard InChI is InChI=1S/C17H41N3O2Si/c1-8-18(3)12-10-14-20(15-11-13-19(4)9-2)16-17-23(7,21-5)22-6/h8-17H2,1-7H3. The van der Waals surface area contributed by atoms with Gasteiger partial charge in [-0.1, -0.05) is 13.8 Å². The predicted octanol–water partition coefficient (Wildman–Crippen LogP) is 2.34. The number of rotatable bonds is 15. The van der Waals surface area contributed by atoms with E-state index in [1.165, 1.54) is 25.9 Å². The third kappa shape index (κ3) is 11.2. The zero-order valence-electron chi connectivity index (χ0n) is 16.7. The molecule has 0 heterocycles. The van der Waals surface area contributed by atoms with Crippen molar-refractivity contribution in [1.82, 2.24) is 14.7 Å². The summed E-state index contributed by atoms with van der Waals surface area (Å²) >= 11 is 0. The fraction of sp³-hybridized carbons (Fsp3) is 1.00. The molecule has 6 heteroatoms. The SMILES string of the molecule is CCN(C)CCCN(CCCN(C)CC)CC[Si](C)(OC)OC. The molecule has 0 fully saturated rings. The summed E-state index contributed by atoms with van der Waals surface area (Å²) in [5, 5.41) is 0. The van der Waals surface area contributed by atoms with Gasteiger partial charge < -0.3 is 23.6 Å². The van der Waals surface area contributed by atoms with Gasteiger partial charge in [-0.2, -0.15) is 0 Å². The predicted molar refractivity (Wildman–Crippen MR) is 102 cm³/mol. The molecule has 0 aromatic rings. The Labute approximate surface area is 146 Å². The van der Waals surface area contributed by atoms with Gasteiger partial charge in [0.25, 0.3) is 0 Å². The first-order valence-corrected chi connectivity index (χ1v) is 11.6.